The maximum absolute atomic E-state index is 12.3. The summed E-state index contributed by atoms with van der Waals surface area (Å²) in [6.45, 7) is 9.53. The summed E-state index contributed by atoms with van der Waals surface area (Å²) in [4.78, 5) is 14.8. The number of carbonyl (C=O) groups excluding carboxylic acids is 1. The van der Waals surface area contributed by atoms with Gasteiger partial charge in [-0.3, -0.25) is 15.0 Å². The Morgan fingerprint density at radius 2 is 1.80 bits per heavy atom. The average molecular weight is 281 g/mol. The van der Waals surface area contributed by atoms with E-state index >= 15 is 0 Å². The lowest BCUT2D eigenvalue weighted by Crippen LogP contribution is -2.66. The zero-order valence-corrected chi connectivity index (χ0v) is 13.5. The third-order valence-electron chi connectivity index (χ3n) is 5.07. The van der Waals surface area contributed by atoms with Crippen molar-refractivity contribution in [3.8, 4) is 0 Å². The van der Waals surface area contributed by atoms with Crippen molar-refractivity contribution >= 4 is 5.91 Å². The van der Waals surface area contributed by atoms with Crippen LogP contribution in [0.4, 0.5) is 0 Å². The lowest BCUT2D eigenvalue weighted by molar-refractivity contribution is -0.127. The van der Waals surface area contributed by atoms with E-state index in [1.165, 1.54) is 19.3 Å². The molecule has 3 atom stereocenters. The fourth-order valence-electron chi connectivity index (χ4n) is 3.81. The van der Waals surface area contributed by atoms with Gasteiger partial charge in [0, 0.05) is 24.7 Å². The molecule has 0 radical (unpaired) electrons. The van der Waals surface area contributed by atoms with Crippen LogP contribution in [0.25, 0.3) is 0 Å². The molecule has 0 aromatic carbocycles. The number of amides is 1. The van der Waals surface area contributed by atoms with Gasteiger partial charge in [0.25, 0.3) is 0 Å². The lowest BCUT2D eigenvalue weighted by Gasteiger charge is -2.45. The molecule has 116 valence electrons. The van der Waals surface area contributed by atoms with Gasteiger partial charge in [-0.25, -0.2) is 0 Å². The minimum absolute atomic E-state index is 0.168. The first-order chi connectivity index (χ1) is 9.36. The summed E-state index contributed by atoms with van der Waals surface area (Å²) in [6, 6.07) is 1.37. The van der Waals surface area contributed by atoms with Gasteiger partial charge in [0.1, 0.15) is 5.54 Å². The van der Waals surface area contributed by atoms with Crippen LogP contribution >= 0.6 is 0 Å². The number of nitrogens with two attached hydrogens (primary N) is 1. The van der Waals surface area contributed by atoms with Crippen molar-refractivity contribution in [3.05, 3.63) is 0 Å². The molecule has 2 rings (SSSR count). The Labute approximate surface area is 123 Å². The molecule has 2 fully saturated rings. The van der Waals surface area contributed by atoms with Crippen LogP contribution in [0.1, 0.15) is 59.8 Å². The Balaban J connectivity index is 2.19. The van der Waals surface area contributed by atoms with Gasteiger partial charge < -0.3 is 5.73 Å². The third kappa shape index (κ3) is 3.17. The molecule has 3 unspecified atom stereocenters. The maximum atomic E-state index is 12.3. The van der Waals surface area contributed by atoms with Gasteiger partial charge >= 0.3 is 0 Å². The van der Waals surface area contributed by atoms with E-state index in [4.69, 9.17) is 5.73 Å². The molecule has 0 aromatic heterocycles. The Kier molecular flexibility index (Phi) is 4.75. The highest BCUT2D eigenvalue weighted by molar-refractivity contribution is 5.86. The lowest BCUT2D eigenvalue weighted by atomic mass is 9.87. The van der Waals surface area contributed by atoms with E-state index in [-0.39, 0.29) is 11.9 Å². The maximum Gasteiger partial charge on any atom is 0.239 e. The van der Waals surface area contributed by atoms with Gasteiger partial charge in [0.2, 0.25) is 5.91 Å². The molecule has 1 aliphatic carbocycles. The first-order valence-electron chi connectivity index (χ1n) is 8.20. The first-order valence-corrected chi connectivity index (χ1v) is 8.20. The van der Waals surface area contributed by atoms with Crippen LogP contribution in [0.2, 0.25) is 0 Å². The molecule has 1 saturated heterocycles. The van der Waals surface area contributed by atoms with E-state index in [0.29, 0.717) is 18.0 Å². The molecule has 0 spiro atoms. The molecule has 0 aromatic rings. The summed E-state index contributed by atoms with van der Waals surface area (Å²) in [7, 11) is 0. The number of rotatable bonds is 6. The molecular formula is C16H31N3O. The summed E-state index contributed by atoms with van der Waals surface area (Å²) in [5, 5.41) is 3.53. The van der Waals surface area contributed by atoms with E-state index in [1.54, 1.807) is 0 Å². The monoisotopic (exact) mass is 281 g/mol. The molecule has 1 saturated carbocycles. The van der Waals surface area contributed by atoms with Gasteiger partial charge in [-0.2, -0.15) is 0 Å². The van der Waals surface area contributed by atoms with Crippen LogP contribution in [0.15, 0.2) is 0 Å². The van der Waals surface area contributed by atoms with Gasteiger partial charge in [-0.05, 0) is 59.3 Å². The third-order valence-corrected chi connectivity index (χ3v) is 5.07. The molecule has 4 nitrogen and oxygen atoms in total. The molecule has 3 N–H and O–H groups in total. The first kappa shape index (κ1) is 15.8. The topological polar surface area (TPSA) is 58.4 Å². The van der Waals surface area contributed by atoms with E-state index in [0.717, 1.165) is 19.4 Å². The number of hydrogen-bond acceptors (Lipinski definition) is 3. The number of likely N-dealkylation sites (tertiary alicyclic amines) is 1. The number of primary amides is 1. The summed E-state index contributed by atoms with van der Waals surface area (Å²) in [5.41, 5.74) is 5.31. The zero-order chi connectivity index (χ0) is 14.9. The van der Waals surface area contributed by atoms with Crippen LogP contribution in [0.5, 0.6) is 0 Å². The van der Waals surface area contributed by atoms with Crippen LogP contribution in [-0.2, 0) is 4.79 Å². The van der Waals surface area contributed by atoms with E-state index in [9.17, 15) is 4.79 Å². The van der Waals surface area contributed by atoms with Crippen molar-refractivity contribution in [2.75, 3.05) is 6.54 Å². The second kappa shape index (κ2) is 6.02. The highest BCUT2D eigenvalue weighted by atomic mass is 16.1. The largest absolute Gasteiger partial charge is 0.368 e. The number of hydrogen-bond donors (Lipinski definition) is 2. The van der Waals surface area contributed by atoms with Crippen molar-refractivity contribution in [1.29, 1.82) is 0 Å². The second-order valence-electron chi connectivity index (χ2n) is 7.21. The van der Waals surface area contributed by atoms with Crippen LogP contribution in [-0.4, -0.2) is 41.0 Å². The van der Waals surface area contributed by atoms with Gasteiger partial charge in [-0.1, -0.05) is 6.42 Å². The fraction of sp³-hybridized carbons (Fsp3) is 0.938. The number of nitrogens with one attached hydrogen (secondary N) is 1. The second-order valence-corrected chi connectivity index (χ2v) is 7.21. The number of piperidine rings is 1. The van der Waals surface area contributed by atoms with Gasteiger partial charge in [-0.15, -0.1) is 0 Å². The molecule has 1 aliphatic heterocycles. The number of nitrogens with zero attached hydrogens (tertiary/aromatic N) is 1. The van der Waals surface area contributed by atoms with Crippen LogP contribution < -0.4 is 11.1 Å². The van der Waals surface area contributed by atoms with Crippen LogP contribution in [0.3, 0.4) is 0 Å². The molecule has 20 heavy (non-hydrogen) atoms. The SMILES string of the molecule is CC(C)NC(CN1C(C)CCCC1C)(C(N)=O)C1CC1. The highest BCUT2D eigenvalue weighted by Gasteiger charge is 2.51. The van der Waals surface area contributed by atoms with E-state index in [2.05, 4.69) is 37.9 Å². The molecule has 2 aliphatic rings. The fourth-order valence-corrected chi connectivity index (χ4v) is 3.81. The summed E-state index contributed by atoms with van der Waals surface area (Å²) in [6.07, 6.45) is 6.00. The predicted octanol–water partition coefficient (Wildman–Crippen LogP) is 1.88. The van der Waals surface area contributed by atoms with Crippen molar-refractivity contribution in [3.63, 3.8) is 0 Å². The Morgan fingerprint density at radius 3 is 2.20 bits per heavy atom. The highest BCUT2D eigenvalue weighted by Crippen LogP contribution is 2.41. The minimum atomic E-state index is -0.534. The zero-order valence-electron chi connectivity index (χ0n) is 13.5. The number of carbonyl (C=O) groups is 1. The van der Waals surface area contributed by atoms with Gasteiger partial charge in [0.05, 0.1) is 0 Å². The Morgan fingerprint density at radius 1 is 1.25 bits per heavy atom. The summed E-state index contributed by atoms with van der Waals surface area (Å²) < 4.78 is 0. The smallest absolute Gasteiger partial charge is 0.239 e. The van der Waals surface area contributed by atoms with Crippen molar-refractivity contribution < 1.29 is 4.79 Å². The normalized spacial score (nSPS) is 31.2. The average Bonchev–Trinajstić information content (AvgIpc) is 3.16. The van der Waals surface area contributed by atoms with Gasteiger partial charge in [0.15, 0.2) is 0 Å². The van der Waals surface area contributed by atoms with Crippen LogP contribution in [0, 0.1) is 5.92 Å². The molecule has 4 heteroatoms. The van der Waals surface area contributed by atoms with Crippen molar-refractivity contribution in [2.24, 2.45) is 11.7 Å². The standard InChI is InChI=1S/C16H31N3O/c1-11(2)18-16(15(17)20,14-8-9-14)10-19-12(3)6-5-7-13(19)4/h11-14,18H,5-10H2,1-4H3,(H2,17,20). The van der Waals surface area contributed by atoms with Crippen molar-refractivity contribution in [2.45, 2.75) is 83.5 Å². The molecular weight excluding hydrogens is 250 g/mol. The van der Waals surface area contributed by atoms with E-state index in [1.807, 2.05) is 0 Å². The molecule has 0 bridgehead atoms. The molecule has 1 amide bonds. The Bertz CT molecular complexity index is 344. The molecule has 1 heterocycles. The van der Waals surface area contributed by atoms with Crippen molar-refractivity contribution in [1.82, 2.24) is 10.2 Å². The summed E-state index contributed by atoms with van der Waals surface area (Å²) in [5.74, 6) is 0.252. The Hall–Kier alpha value is -0.610. The summed E-state index contributed by atoms with van der Waals surface area (Å²) >= 11 is 0. The quantitative estimate of drug-likeness (QED) is 0.781. The van der Waals surface area contributed by atoms with E-state index < -0.39 is 5.54 Å². The minimum Gasteiger partial charge on any atom is -0.368 e. The predicted molar refractivity (Wildman–Crippen MR) is 82.4 cm³/mol.